The topological polar surface area (TPSA) is 46.5 Å². The SMILES string of the molecule is O=C(O)c1ccc(Oc2ccc(Br)c(F)c2)cc1Cl. The molecule has 0 aliphatic carbocycles. The average molecular weight is 346 g/mol. The average Bonchev–Trinajstić information content (AvgIpc) is 2.33. The van der Waals surface area contributed by atoms with Crippen molar-refractivity contribution in [3.8, 4) is 11.5 Å². The van der Waals surface area contributed by atoms with Crippen LogP contribution in [0.3, 0.4) is 0 Å². The normalized spacial score (nSPS) is 10.3. The van der Waals surface area contributed by atoms with Gasteiger partial charge in [-0.15, -0.1) is 0 Å². The van der Waals surface area contributed by atoms with E-state index in [9.17, 15) is 9.18 Å². The molecule has 0 aliphatic heterocycles. The third-order valence-corrected chi connectivity index (χ3v) is 3.25. The molecule has 19 heavy (non-hydrogen) atoms. The molecule has 0 spiro atoms. The van der Waals surface area contributed by atoms with Gasteiger partial charge in [0.2, 0.25) is 0 Å². The van der Waals surface area contributed by atoms with Gasteiger partial charge in [-0.05, 0) is 40.2 Å². The maximum Gasteiger partial charge on any atom is 0.337 e. The third kappa shape index (κ3) is 3.24. The number of rotatable bonds is 3. The number of halogens is 3. The quantitative estimate of drug-likeness (QED) is 0.874. The molecule has 2 aromatic carbocycles. The van der Waals surface area contributed by atoms with Crippen LogP contribution in [0, 0.1) is 5.82 Å². The Bertz CT molecular complexity index is 646. The number of carbonyl (C=O) groups is 1. The van der Waals surface area contributed by atoms with Gasteiger partial charge in [0, 0.05) is 12.1 Å². The maximum absolute atomic E-state index is 13.3. The van der Waals surface area contributed by atoms with Gasteiger partial charge in [0.25, 0.3) is 0 Å². The van der Waals surface area contributed by atoms with Crippen molar-refractivity contribution in [2.24, 2.45) is 0 Å². The Morgan fingerprint density at radius 2 is 1.84 bits per heavy atom. The Labute approximate surface area is 121 Å². The summed E-state index contributed by atoms with van der Waals surface area (Å²) in [5, 5.41) is 8.89. The van der Waals surface area contributed by atoms with E-state index in [0.717, 1.165) is 0 Å². The van der Waals surface area contributed by atoms with Crippen LogP contribution >= 0.6 is 27.5 Å². The van der Waals surface area contributed by atoms with E-state index in [1.54, 1.807) is 6.07 Å². The second kappa shape index (κ2) is 5.59. The van der Waals surface area contributed by atoms with Crippen molar-refractivity contribution in [2.45, 2.75) is 0 Å². The van der Waals surface area contributed by atoms with E-state index in [-0.39, 0.29) is 10.6 Å². The summed E-state index contributed by atoms with van der Waals surface area (Å²) < 4.78 is 19.0. The van der Waals surface area contributed by atoms with Crippen LogP contribution in [-0.4, -0.2) is 11.1 Å². The second-order valence-corrected chi connectivity index (χ2v) is 4.89. The number of ether oxygens (including phenoxy) is 1. The zero-order valence-corrected chi connectivity index (χ0v) is 11.7. The molecule has 0 aliphatic rings. The largest absolute Gasteiger partial charge is 0.478 e. The van der Waals surface area contributed by atoms with Gasteiger partial charge in [-0.25, -0.2) is 9.18 Å². The standard InChI is InChI=1S/C13H7BrClFO3/c14-10-4-2-8(6-12(10)16)19-7-1-3-9(13(17)18)11(15)5-7/h1-6H,(H,17,18). The van der Waals surface area contributed by atoms with Crippen molar-refractivity contribution in [3.63, 3.8) is 0 Å². The molecule has 0 bridgehead atoms. The van der Waals surface area contributed by atoms with E-state index in [1.807, 2.05) is 0 Å². The molecule has 2 rings (SSSR count). The Balaban J connectivity index is 2.26. The first-order chi connectivity index (χ1) is 8.97. The highest BCUT2D eigenvalue weighted by atomic mass is 79.9. The Morgan fingerprint density at radius 1 is 1.21 bits per heavy atom. The molecular formula is C13H7BrClFO3. The molecular weight excluding hydrogens is 338 g/mol. The van der Waals surface area contributed by atoms with Gasteiger partial charge in [0.15, 0.2) is 0 Å². The number of hydrogen-bond acceptors (Lipinski definition) is 2. The molecule has 0 saturated carbocycles. The van der Waals surface area contributed by atoms with Crippen molar-refractivity contribution in [3.05, 3.63) is 57.3 Å². The molecule has 98 valence electrons. The molecule has 2 aromatic rings. The summed E-state index contributed by atoms with van der Waals surface area (Å²) in [6.07, 6.45) is 0. The predicted octanol–water partition coefficient (Wildman–Crippen LogP) is 4.73. The summed E-state index contributed by atoms with van der Waals surface area (Å²) in [4.78, 5) is 10.8. The fraction of sp³-hybridized carbons (Fsp3) is 0. The molecule has 0 heterocycles. The first-order valence-electron chi connectivity index (χ1n) is 5.13. The number of hydrogen-bond donors (Lipinski definition) is 1. The van der Waals surface area contributed by atoms with E-state index in [2.05, 4.69) is 15.9 Å². The fourth-order valence-corrected chi connectivity index (χ4v) is 1.91. The minimum atomic E-state index is -1.12. The van der Waals surface area contributed by atoms with E-state index < -0.39 is 11.8 Å². The highest BCUT2D eigenvalue weighted by Crippen LogP contribution is 2.28. The molecule has 0 atom stereocenters. The lowest BCUT2D eigenvalue weighted by atomic mass is 10.2. The first-order valence-corrected chi connectivity index (χ1v) is 6.30. The number of benzene rings is 2. The zero-order chi connectivity index (χ0) is 14.0. The lowest BCUT2D eigenvalue weighted by molar-refractivity contribution is 0.0697. The smallest absolute Gasteiger partial charge is 0.337 e. The number of carboxylic acid groups (broad SMARTS) is 1. The minimum Gasteiger partial charge on any atom is -0.478 e. The third-order valence-electron chi connectivity index (χ3n) is 2.30. The molecule has 0 amide bonds. The summed E-state index contributed by atoms with van der Waals surface area (Å²) in [5.74, 6) is -0.950. The van der Waals surface area contributed by atoms with Gasteiger partial charge >= 0.3 is 5.97 Å². The Morgan fingerprint density at radius 3 is 2.42 bits per heavy atom. The van der Waals surface area contributed by atoms with Crippen LogP contribution in [0.1, 0.15) is 10.4 Å². The Kier molecular flexibility index (Phi) is 4.07. The van der Waals surface area contributed by atoms with Gasteiger partial charge in [-0.2, -0.15) is 0 Å². The van der Waals surface area contributed by atoms with Crippen LogP contribution < -0.4 is 4.74 Å². The molecule has 0 saturated heterocycles. The van der Waals surface area contributed by atoms with Gasteiger partial charge in [-0.3, -0.25) is 0 Å². The van der Waals surface area contributed by atoms with Crippen LogP contribution in [0.5, 0.6) is 11.5 Å². The lowest BCUT2D eigenvalue weighted by Gasteiger charge is -2.07. The van der Waals surface area contributed by atoms with Crippen molar-refractivity contribution in [1.82, 2.24) is 0 Å². The van der Waals surface area contributed by atoms with Crippen LogP contribution in [0.4, 0.5) is 4.39 Å². The van der Waals surface area contributed by atoms with Crippen LogP contribution in [0.2, 0.25) is 5.02 Å². The number of carboxylic acids is 1. The van der Waals surface area contributed by atoms with Gasteiger partial charge in [0.1, 0.15) is 17.3 Å². The Hall–Kier alpha value is -1.59. The summed E-state index contributed by atoms with van der Waals surface area (Å²) in [5.41, 5.74) is -0.0176. The van der Waals surface area contributed by atoms with Gasteiger partial charge in [0.05, 0.1) is 15.1 Å². The second-order valence-electron chi connectivity index (χ2n) is 3.62. The summed E-state index contributed by atoms with van der Waals surface area (Å²) in [6, 6.07) is 8.45. The summed E-state index contributed by atoms with van der Waals surface area (Å²) in [7, 11) is 0. The molecule has 0 unspecified atom stereocenters. The highest BCUT2D eigenvalue weighted by molar-refractivity contribution is 9.10. The monoisotopic (exact) mass is 344 g/mol. The maximum atomic E-state index is 13.3. The van der Waals surface area contributed by atoms with E-state index >= 15 is 0 Å². The van der Waals surface area contributed by atoms with Crippen molar-refractivity contribution in [1.29, 1.82) is 0 Å². The predicted molar refractivity (Wildman–Crippen MR) is 72.6 cm³/mol. The van der Waals surface area contributed by atoms with Gasteiger partial charge < -0.3 is 9.84 Å². The van der Waals surface area contributed by atoms with Crippen LogP contribution in [-0.2, 0) is 0 Å². The van der Waals surface area contributed by atoms with Crippen molar-refractivity contribution in [2.75, 3.05) is 0 Å². The molecule has 1 N–H and O–H groups in total. The molecule has 0 radical (unpaired) electrons. The first kappa shape index (κ1) is 13.8. The number of aromatic carboxylic acids is 1. The fourth-order valence-electron chi connectivity index (χ4n) is 1.41. The summed E-state index contributed by atoms with van der Waals surface area (Å²) >= 11 is 8.84. The molecule has 3 nitrogen and oxygen atoms in total. The van der Waals surface area contributed by atoms with E-state index in [0.29, 0.717) is 16.0 Å². The van der Waals surface area contributed by atoms with Crippen LogP contribution in [0.15, 0.2) is 40.9 Å². The van der Waals surface area contributed by atoms with Crippen molar-refractivity contribution < 1.29 is 19.0 Å². The molecule has 0 fully saturated rings. The van der Waals surface area contributed by atoms with Gasteiger partial charge in [-0.1, -0.05) is 11.6 Å². The molecule has 0 aromatic heterocycles. The van der Waals surface area contributed by atoms with Crippen molar-refractivity contribution >= 4 is 33.5 Å². The van der Waals surface area contributed by atoms with Crippen LogP contribution in [0.25, 0.3) is 0 Å². The van der Waals surface area contributed by atoms with E-state index in [4.69, 9.17) is 21.4 Å². The summed E-state index contributed by atoms with van der Waals surface area (Å²) in [6.45, 7) is 0. The minimum absolute atomic E-state index is 0.0176. The zero-order valence-electron chi connectivity index (χ0n) is 9.36. The highest BCUT2D eigenvalue weighted by Gasteiger charge is 2.10. The van der Waals surface area contributed by atoms with E-state index in [1.165, 1.54) is 30.3 Å². The lowest BCUT2D eigenvalue weighted by Crippen LogP contribution is -1.97. The molecule has 6 heteroatoms.